The van der Waals surface area contributed by atoms with Gasteiger partial charge in [-0.2, -0.15) is 0 Å². The number of para-hydroxylation sites is 1. The third-order valence-electron chi connectivity index (χ3n) is 4.05. The first-order valence-electron chi connectivity index (χ1n) is 7.99. The van der Waals surface area contributed by atoms with E-state index in [0.717, 1.165) is 25.5 Å². The van der Waals surface area contributed by atoms with Crippen LogP contribution in [0.15, 0.2) is 35.3 Å². The Labute approximate surface area is 137 Å². The number of carbonyl (C=O) groups excluding carboxylic acids is 1. The molecule has 2 unspecified atom stereocenters. The predicted octanol–water partition coefficient (Wildman–Crippen LogP) is 1.24. The largest absolute Gasteiger partial charge is 0.469 e. The Hall–Kier alpha value is -2.24. The van der Waals surface area contributed by atoms with Crippen molar-refractivity contribution in [2.75, 3.05) is 38.7 Å². The molecule has 0 spiro atoms. The topological polar surface area (TPSA) is 66.0 Å². The Kier molecular flexibility index (Phi) is 6.26. The van der Waals surface area contributed by atoms with Gasteiger partial charge in [0.05, 0.1) is 13.0 Å². The zero-order valence-electron chi connectivity index (χ0n) is 14.1. The fraction of sp³-hybridized carbons (Fsp3) is 0.529. The van der Waals surface area contributed by atoms with Crippen LogP contribution in [0.4, 0.5) is 5.69 Å². The Morgan fingerprint density at radius 1 is 1.43 bits per heavy atom. The maximum Gasteiger partial charge on any atom is 0.310 e. The maximum atomic E-state index is 11.4. The lowest BCUT2D eigenvalue weighted by molar-refractivity contribution is -0.144. The highest BCUT2D eigenvalue weighted by Gasteiger charge is 2.23. The number of ether oxygens (including phenoxy) is 1. The fourth-order valence-corrected chi connectivity index (χ4v) is 2.67. The van der Waals surface area contributed by atoms with Crippen molar-refractivity contribution in [2.24, 2.45) is 10.9 Å². The van der Waals surface area contributed by atoms with Gasteiger partial charge in [0.2, 0.25) is 0 Å². The number of nitrogens with one attached hydrogen (secondary N) is 2. The lowest BCUT2D eigenvalue weighted by atomic mass is 10.2. The fourth-order valence-electron chi connectivity index (χ4n) is 2.67. The van der Waals surface area contributed by atoms with Crippen LogP contribution in [0.1, 0.15) is 13.3 Å². The summed E-state index contributed by atoms with van der Waals surface area (Å²) >= 11 is 0. The van der Waals surface area contributed by atoms with E-state index in [-0.39, 0.29) is 11.9 Å². The molecule has 1 aromatic carbocycles. The lowest BCUT2D eigenvalue weighted by Crippen LogP contribution is -2.46. The van der Waals surface area contributed by atoms with Gasteiger partial charge in [-0.3, -0.25) is 9.79 Å². The van der Waals surface area contributed by atoms with Crippen LogP contribution in [0.25, 0.3) is 0 Å². The molecular formula is C17H26N4O2. The average Bonchev–Trinajstić information content (AvgIpc) is 3.06. The van der Waals surface area contributed by atoms with Crippen molar-refractivity contribution in [2.45, 2.75) is 19.4 Å². The van der Waals surface area contributed by atoms with Crippen molar-refractivity contribution in [3.8, 4) is 0 Å². The summed E-state index contributed by atoms with van der Waals surface area (Å²) < 4.78 is 4.73. The van der Waals surface area contributed by atoms with E-state index < -0.39 is 0 Å². The van der Waals surface area contributed by atoms with Crippen LogP contribution in [0, 0.1) is 5.92 Å². The summed E-state index contributed by atoms with van der Waals surface area (Å²) in [6.45, 7) is 4.30. The van der Waals surface area contributed by atoms with Crippen molar-refractivity contribution in [3.63, 3.8) is 0 Å². The van der Waals surface area contributed by atoms with Crippen molar-refractivity contribution < 1.29 is 9.53 Å². The third kappa shape index (κ3) is 4.87. The van der Waals surface area contributed by atoms with Crippen molar-refractivity contribution in [1.82, 2.24) is 10.6 Å². The second-order valence-corrected chi connectivity index (χ2v) is 5.79. The number of rotatable bonds is 5. The normalized spacial score (nSPS) is 19.3. The molecule has 0 aliphatic carbocycles. The number of hydrogen-bond donors (Lipinski definition) is 2. The molecule has 126 valence electrons. The summed E-state index contributed by atoms with van der Waals surface area (Å²) in [6, 6.07) is 10.8. The molecule has 1 aliphatic heterocycles. The van der Waals surface area contributed by atoms with Gasteiger partial charge < -0.3 is 20.3 Å². The first-order chi connectivity index (χ1) is 11.1. The number of aliphatic imine (C=N–C) groups is 1. The first kappa shape index (κ1) is 17.1. The van der Waals surface area contributed by atoms with Gasteiger partial charge in [-0.15, -0.1) is 0 Å². The molecule has 0 bridgehead atoms. The number of nitrogens with zero attached hydrogens (tertiary/aromatic N) is 2. The summed E-state index contributed by atoms with van der Waals surface area (Å²) in [5.74, 6) is 0.299. The molecule has 1 fully saturated rings. The molecule has 2 atom stereocenters. The molecule has 2 rings (SSSR count). The quantitative estimate of drug-likeness (QED) is 0.486. The van der Waals surface area contributed by atoms with Crippen LogP contribution in [0.2, 0.25) is 0 Å². The summed E-state index contributed by atoms with van der Waals surface area (Å²) in [5, 5.41) is 6.61. The molecule has 0 amide bonds. The van der Waals surface area contributed by atoms with Crippen LogP contribution < -0.4 is 15.5 Å². The van der Waals surface area contributed by atoms with E-state index in [9.17, 15) is 4.79 Å². The molecule has 23 heavy (non-hydrogen) atoms. The third-order valence-corrected chi connectivity index (χ3v) is 4.05. The van der Waals surface area contributed by atoms with Gasteiger partial charge in [0.1, 0.15) is 0 Å². The van der Waals surface area contributed by atoms with Gasteiger partial charge in [0, 0.05) is 38.4 Å². The second-order valence-electron chi connectivity index (χ2n) is 5.79. The van der Waals surface area contributed by atoms with E-state index in [4.69, 9.17) is 4.74 Å². The Morgan fingerprint density at radius 3 is 2.83 bits per heavy atom. The smallest absolute Gasteiger partial charge is 0.310 e. The Bertz CT molecular complexity index is 533. The van der Waals surface area contributed by atoms with Gasteiger partial charge in [0.15, 0.2) is 5.96 Å². The maximum absolute atomic E-state index is 11.4. The monoisotopic (exact) mass is 318 g/mol. The second kappa shape index (κ2) is 8.41. The number of guanidine groups is 1. The van der Waals surface area contributed by atoms with Crippen molar-refractivity contribution >= 4 is 17.6 Å². The van der Waals surface area contributed by atoms with Gasteiger partial charge in [-0.05, 0) is 18.6 Å². The summed E-state index contributed by atoms with van der Waals surface area (Å²) in [7, 11) is 3.14. The number of benzene rings is 1. The van der Waals surface area contributed by atoms with Gasteiger partial charge in [0.25, 0.3) is 0 Å². The first-order valence-corrected chi connectivity index (χ1v) is 7.99. The number of carbonyl (C=O) groups is 1. The highest BCUT2D eigenvalue weighted by atomic mass is 16.5. The Morgan fingerprint density at radius 2 is 2.17 bits per heavy atom. The van der Waals surface area contributed by atoms with Crippen LogP contribution in [0.5, 0.6) is 0 Å². The molecule has 6 nitrogen and oxygen atoms in total. The average molecular weight is 318 g/mol. The molecular weight excluding hydrogens is 292 g/mol. The lowest BCUT2D eigenvalue weighted by Gasteiger charge is -2.21. The van der Waals surface area contributed by atoms with Crippen LogP contribution in [-0.4, -0.2) is 51.8 Å². The van der Waals surface area contributed by atoms with Crippen LogP contribution in [-0.2, 0) is 9.53 Å². The van der Waals surface area contributed by atoms with Gasteiger partial charge in [-0.25, -0.2) is 0 Å². The minimum atomic E-state index is -0.218. The zero-order valence-corrected chi connectivity index (χ0v) is 14.1. The van der Waals surface area contributed by atoms with Crippen LogP contribution in [0.3, 0.4) is 0 Å². The molecule has 0 radical (unpaired) electrons. The minimum Gasteiger partial charge on any atom is -0.469 e. The molecule has 1 heterocycles. The standard InChI is InChI=1S/C17H26N4O2/c1-13(16(22)23-3)11-19-17(18-2)20-14-9-10-21(12-14)15-7-5-4-6-8-15/h4-8,13-14H,9-12H2,1-3H3,(H2,18,19,20). The molecule has 1 aliphatic rings. The summed E-state index contributed by atoms with van der Waals surface area (Å²) in [6.07, 6.45) is 1.06. The van der Waals surface area contributed by atoms with Gasteiger partial charge in [-0.1, -0.05) is 25.1 Å². The number of esters is 1. The Balaban J connectivity index is 1.80. The predicted molar refractivity (Wildman–Crippen MR) is 92.7 cm³/mol. The highest BCUT2D eigenvalue weighted by Crippen LogP contribution is 2.19. The number of hydrogen-bond acceptors (Lipinski definition) is 4. The molecule has 0 aromatic heterocycles. The molecule has 2 N–H and O–H groups in total. The van der Waals surface area contributed by atoms with E-state index >= 15 is 0 Å². The van der Waals surface area contributed by atoms with Crippen LogP contribution >= 0.6 is 0 Å². The summed E-state index contributed by atoms with van der Waals surface area (Å²) in [4.78, 5) is 18.0. The van der Waals surface area contributed by atoms with Gasteiger partial charge >= 0.3 is 5.97 Å². The highest BCUT2D eigenvalue weighted by molar-refractivity contribution is 5.81. The number of anilines is 1. The van der Waals surface area contributed by atoms with E-state index in [1.165, 1.54) is 12.8 Å². The van der Waals surface area contributed by atoms with E-state index in [1.54, 1.807) is 7.05 Å². The zero-order chi connectivity index (χ0) is 16.7. The van der Waals surface area contributed by atoms with Crippen molar-refractivity contribution in [1.29, 1.82) is 0 Å². The minimum absolute atomic E-state index is 0.206. The van der Waals surface area contributed by atoms with Crippen molar-refractivity contribution in [3.05, 3.63) is 30.3 Å². The van der Waals surface area contributed by atoms with E-state index in [2.05, 4.69) is 44.8 Å². The number of methoxy groups -OCH3 is 1. The van der Waals surface area contributed by atoms with E-state index in [1.807, 2.05) is 13.0 Å². The molecule has 1 saturated heterocycles. The summed E-state index contributed by atoms with van der Waals surface area (Å²) in [5.41, 5.74) is 1.25. The SMILES string of the molecule is CN=C(NCC(C)C(=O)OC)NC1CCN(c2ccccc2)C1. The molecule has 6 heteroatoms. The van der Waals surface area contributed by atoms with E-state index in [0.29, 0.717) is 12.6 Å². The molecule has 1 aromatic rings. The molecule has 0 saturated carbocycles.